The molecule has 0 unspecified atom stereocenters. The highest BCUT2D eigenvalue weighted by atomic mass is 32.1. The third-order valence-corrected chi connectivity index (χ3v) is 4.80. The van der Waals surface area contributed by atoms with Crippen LogP contribution in [0.3, 0.4) is 0 Å². The van der Waals surface area contributed by atoms with Gasteiger partial charge in [0.05, 0.1) is 19.4 Å². The van der Waals surface area contributed by atoms with E-state index in [0.717, 1.165) is 35.7 Å². The van der Waals surface area contributed by atoms with Crippen molar-refractivity contribution in [3.8, 4) is 11.5 Å². The molecule has 0 bridgehead atoms. The van der Waals surface area contributed by atoms with E-state index in [2.05, 4.69) is 15.3 Å². The van der Waals surface area contributed by atoms with Crippen molar-refractivity contribution in [3.63, 3.8) is 0 Å². The Balaban J connectivity index is 1.85. The van der Waals surface area contributed by atoms with Crippen LogP contribution in [0.25, 0.3) is 0 Å². The van der Waals surface area contributed by atoms with Gasteiger partial charge in [-0.3, -0.25) is 5.10 Å². The second kappa shape index (κ2) is 8.98. The lowest BCUT2D eigenvalue weighted by molar-refractivity contribution is 0.288. The molecule has 0 saturated heterocycles. The fraction of sp³-hybridized carbons (Fsp3) is 0.526. The largest absolute Gasteiger partial charge is 0.490 e. The molecule has 1 aliphatic rings. The highest BCUT2D eigenvalue weighted by Gasteiger charge is 2.21. The molecule has 0 radical (unpaired) electrons. The summed E-state index contributed by atoms with van der Waals surface area (Å²) in [4.78, 5) is 0. The van der Waals surface area contributed by atoms with Crippen molar-refractivity contribution in [2.24, 2.45) is 5.10 Å². The maximum Gasteiger partial charge on any atom is 0.216 e. The van der Waals surface area contributed by atoms with Gasteiger partial charge in [0.1, 0.15) is 0 Å². The Morgan fingerprint density at radius 2 is 1.92 bits per heavy atom. The maximum absolute atomic E-state index is 5.68. The first-order valence-corrected chi connectivity index (χ1v) is 9.75. The number of ether oxygens (including phenoxy) is 2. The van der Waals surface area contributed by atoms with Gasteiger partial charge in [-0.25, -0.2) is 0 Å². The molecule has 2 aromatic rings. The number of hydrogen-bond acceptors (Lipinski definition) is 5. The van der Waals surface area contributed by atoms with Crippen LogP contribution in [0.2, 0.25) is 0 Å². The molecule has 3 rings (SSSR count). The summed E-state index contributed by atoms with van der Waals surface area (Å²) in [5.41, 5.74) is 0.926. The Kier molecular flexibility index (Phi) is 6.44. The SMILES string of the molecule is CCOc1ccc(/C=N\n2c(C3CCCCC3)n[nH]c2=S)cc1OCC. The van der Waals surface area contributed by atoms with Crippen LogP contribution in [-0.4, -0.2) is 34.3 Å². The molecule has 140 valence electrons. The number of nitrogens with zero attached hydrogens (tertiary/aromatic N) is 3. The van der Waals surface area contributed by atoms with Crippen LogP contribution in [0.1, 0.15) is 63.3 Å². The van der Waals surface area contributed by atoms with Gasteiger partial charge in [-0.1, -0.05) is 19.3 Å². The summed E-state index contributed by atoms with van der Waals surface area (Å²) in [7, 11) is 0. The molecule has 1 fully saturated rings. The monoisotopic (exact) mass is 374 g/mol. The Morgan fingerprint density at radius 1 is 1.19 bits per heavy atom. The van der Waals surface area contributed by atoms with E-state index in [1.54, 1.807) is 10.9 Å². The zero-order chi connectivity index (χ0) is 18.4. The van der Waals surface area contributed by atoms with E-state index in [9.17, 15) is 0 Å². The van der Waals surface area contributed by atoms with Crippen LogP contribution in [0.5, 0.6) is 11.5 Å². The van der Waals surface area contributed by atoms with E-state index < -0.39 is 0 Å². The molecule has 1 aliphatic carbocycles. The van der Waals surface area contributed by atoms with Crippen molar-refractivity contribution in [3.05, 3.63) is 34.4 Å². The van der Waals surface area contributed by atoms with Crippen molar-refractivity contribution < 1.29 is 9.47 Å². The van der Waals surface area contributed by atoms with Crippen LogP contribution in [0.4, 0.5) is 0 Å². The minimum Gasteiger partial charge on any atom is -0.490 e. The summed E-state index contributed by atoms with van der Waals surface area (Å²) in [6.45, 7) is 5.10. The van der Waals surface area contributed by atoms with E-state index in [4.69, 9.17) is 21.7 Å². The second-order valence-electron chi connectivity index (χ2n) is 6.35. The van der Waals surface area contributed by atoms with E-state index in [0.29, 0.717) is 23.9 Å². The van der Waals surface area contributed by atoms with Crippen LogP contribution in [-0.2, 0) is 0 Å². The molecule has 0 spiro atoms. The van der Waals surface area contributed by atoms with Crippen molar-refractivity contribution in [2.75, 3.05) is 13.2 Å². The maximum atomic E-state index is 5.68. The second-order valence-corrected chi connectivity index (χ2v) is 6.74. The van der Waals surface area contributed by atoms with E-state index in [1.165, 1.54) is 19.3 Å². The molecule has 0 atom stereocenters. The molecule has 1 N–H and O–H groups in total. The number of benzene rings is 1. The quantitative estimate of drug-likeness (QED) is 0.565. The lowest BCUT2D eigenvalue weighted by atomic mass is 9.89. The first-order chi connectivity index (χ1) is 12.7. The summed E-state index contributed by atoms with van der Waals surface area (Å²) in [6, 6.07) is 5.80. The molecule has 0 amide bonds. The van der Waals surface area contributed by atoms with Crippen molar-refractivity contribution >= 4 is 18.4 Å². The summed E-state index contributed by atoms with van der Waals surface area (Å²) in [6.07, 6.45) is 7.86. The number of hydrogen-bond donors (Lipinski definition) is 1. The Hall–Kier alpha value is -2.15. The smallest absolute Gasteiger partial charge is 0.216 e. The summed E-state index contributed by atoms with van der Waals surface area (Å²) >= 11 is 5.37. The Labute approximate surface area is 159 Å². The highest BCUT2D eigenvalue weighted by molar-refractivity contribution is 7.71. The van der Waals surface area contributed by atoms with Gasteiger partial charge in [-0.15, -0.1) is 0 Å². The molecule has 1 aromatic carbocycles. The predicted molar refractivity (Wildman–Crippen MR) is 105 cm³/mol. The fourth-order valence-corrected chi connectivity index (χ4v) is 3.50. The number of rotatable bonds is 7. The number of H-pyrrole nitrogens is 1. The van der Waals surface area contributed by atoms with Gasteiger partial charge in [-0.05, 0) is 62.7 Å². The van der Waals surface area contributed by atoms with Crippen molar-refractivity contribution in [2.45, 2.75) is 51.9 Å². The Morgan fingerprint density at radius 3 is 2.65 bits per heavy atom. The van der Waals surface area contributed by atoms with Gasteiger partial charge < -0.3 is 9.47 Å². The fourth-order valence-electron chi connectivity index (χ4n) is 3.31. The zero-order valence-electron chi connectivity index (χ0n) is 15.4. The minimum atomic E-state index is 0.424. The topological polar surface area (TPSA) is 64.4 Å². The number of aromatic nitrogens is 3. The first kappa shape index (κ1) is 18.6. The van der Waals surface area contributed by atoms with Crippen LogP contribution < -0.4 is 9.47 Å². The van der Waals surface area contributed by atoms with E-state index >= 15 is 0 Å². The van der Waals surface area contributed by atoms with Gasteiger partial charge in [-0.2, -0.15) is 14.9 Å². The van der Waals surface area contributed by atoms with Gasteiger partial charge in [0.2, 0.25) is 4.77 Å². The Bertz CT molecular complexity index is 806. The summed E-state index contributed by atoms with van der Waals surface area (Å²) < 4.78 is 13.6. The third kappa shape index (κ3) is 4.33. The van der Waals surface area contributed by atoms with Gasteiger partial charge in [0.15, 0.2) is 17.3 Å². The highest BCUT2D eigenvalue weighted by Crippen LogP contribution is 2.31. The van der Waals surface area contributed by atoms with Crippen LogP contribution in [0.15, 0.2) is 23.3 Å². The van der Waals surface area contributed by atoms with E-state index in [1.807, 2.05) is 32.0 Å². The lowest BCUT2D eigenvalue weighted by Crippen LogP contribution is -2.10. The molecular weight excluding hydrogens is 348 g/mol. The zero-order valence-corrected chi connectivity index (χ0v) is 16.2. The molecule has 1 aromatic heterocycles. The third-order valence-electron chi connectivity index (χ3n) is 4.54. The average molecular weight is 375 g/mol. The van der Waals surface area contributed by atoms with E-state index in [-0.39, 0.29) is 0 Å². The van der Waals surface area contributed by atoms with Gasteiger partial charge in [0, 0.05) is 5.92 Å². The predicted octanol–water partition coefficient (Wildman–Crippen LogP) is 4.67. The summed E-state index contributed by atoms with van der Waals surface area (Å²) in [5, 5.41) is 11.9. The molecule has 0 aliphatic heterocycles. The average Bonchev–Trinajstić information content (AvgIpc) is 3.03. The normalized spacial score (nSPS) is 15.5. The van der Waals surface area contributed by atoms with Crippen molar-refractivity contribution in [1.82, 2.24) is 14.9 Å². The molecule has 1 heterocycles. The first-order valence-electron chi connectivity index (χ1n) is 9.34. The minimum absolute atomic E-state index is 0.424. The summed E-state index contributed by atoms with van der Waals surface area (Å²) in [5.74, 6) is 2.82. The lowest BCUT2D eigenvalue weighted by Gasteiger charge is -2.19. The van der Waals surface area contributed by atoms with Gasteiger partial charge >= 0.3 is 0 Å². The molecule has 1 saturated carbocycles. The molecule has 7 heteroatoms. The van der Waals surface area contributed by atoms with Crippen molar-refractivity contribution in [1.29, 1.82) is 0 Å². The standard InChI is InChI=1S/C19H26N4O2S/c1-3-24-16-11-10-14(12-17(16)25-4-2)13-20-23-18(21-22-19(23)26)15-8-6-5-7-9-15/h10-13,15H,3-9H2,1-2H3,(H,22,26)/b20-13-. The number of nitrogens with one attached hydrogen (secondary N) is 1. The number of aromatic amines is 1. The van der Waals surface area contributed by atoms with Crippen LogP contribution in [0, 0.1) is 4.77 Å². The molecule has 26 heavy (non-hydrogen) atoms. The van der Waals surface area contributed by atoms with Gasteiger partial charge in [0.25, 0.3) is 0 Å². The van der Waals surface area contributed by atoms with Crippen LogP contribution >= 0.6 is 12.2 Å². The molecular formula is C19H26N4O2S. The molecule has 6 nitrogen and oxygen atoms in total.